The first kappa shape index (κ1) is 14.1. The highest BCUT2D eigenvalue weighted by atomic mass is 79.9. The lowest BCUT2D eigenvalue weighted by atomic mass is 10.1. The van der Waals surface area contributed by atoms with E-state index in [4.69, 9.17) is 4.74 Å². The van der Waals surface area contributed by atoms with Crippen molar-refractivity contribution in [1.29, 1.82) is 0 Å². The number of fused-ring (bicyclic) bond motifs is 1. The molecule has 0 N–H and O–H groups in total. The van der Waals surface area contributed by atoms with Crippen LogP contribution in [0, 0.1) is 0 Å². The van der Waals surface area contributed by atoms with Crippen molar-refractivity contribution in [2.45, 2.75) is 19.4 Å². The van der Waals surface area contributed by atoms with Gasteiger partial charge in [0.25, 0.3) is 5.91 Å². The fourth-order valence-electron chi connectivity index (χ4n) is 2.80. The van der Waals surface area contributed by atoms with E-state index < -0.39 is 0 Å². The number of ether oxygens (including phenoxy) is 1. The molecule has 0 saturated carbocycles. The summed E-state index contributed by atoms with van der Waals surface area (Å²) in [6.07, 6.45) is 0.892. The minimum atomic E-state index is -0.00164. The number of hydrogen-bond donors (Lipinski definition) is 0. The summed E-state index contributed by atoms with van der Waals surface area (Å²) in [6, 6.07) is 13.7. The molecule has 1 amide bonds. The van der Waals surface area contributed by atoms with Crippen molar-refractivity contribution in [1.82, 2.24) is 0 Å². The lowest BCUT2D eigenvalue weighted by Gasteiger charge is -2.23. The zero-order chi connectivity index (χ0) is 15.0. The molecule has 1 unspecified atom stereocenters. The van der Waals surface area contributed by atoms with Gasteiger partial charge >= 0.3 is 0 Å². The van der Waals surface area contributed by atoms with E-state index in [1.807, 2.05) is 35.2 Å². The lowest BCUT2D eigenvalue weighted by Crippen LogP contribution is -2.35. The molecule has 1 aliphatic heterocycles. The van der Waals surface area contributed by atoms with Crippen molar-refractivity contribution in [3.05, 3.63) is 58.1 Å². The third kappa shape index (κ3) is 2.44. The summed E-state index contributed by atoms with van der Waals surface area (Å²) in [6.45, 7) is 2.08. The van der Waals surface area contributed by atoms with Gasteiger partial charge in [-0.15, -0.1) is 0 Å². The highest BCUT2D eigenvalue weighted by Gasteiger charge is 2.32. The summed E-state index contributed by atoms with van der Waals surface area (Å²) < 4.78 is 6.01. The van der Waals surface area contributed by atoms with E-state index in [-0.39, 0.29) is 11.9 Å². The Morgan fingerprint density at radius 1 is 1.29 bits per heavy atom. The largest absolute Gasteiger partial charge is 0.497 e. The predicted octanol–water partition coefficient (Wildman–Crippen LogP) is 4.05. The standard InChI is InChI=1S/C17H16BrNO2/c1-11-9-12-5-3-4-6-16(12)19(11)17(20)14-10-13(21-2)7-8-15(14)18/h3-8,10-11H,9H2,1-2H3. The predicted molar refractivity (Wildman–Crippen MR) is 87.1 cm³/mol. The minimum absolute atomic E-state index is 0.00164. The lowest BCUT2D eigenvalue weighted by molar-refractivity contribution is 0.0980. The number of halogens is 1. The van der Waals surface area contributed by atoms with Crippen LogP contribution in [0.15, 0.2) is 46.9 Å². The Morgan fingerprint density at radius 3 is 2.81 bits per heavy atom. The fraction of sp³-hybridized carbons (Fsp3) is 0.235. The Hall–Kier alpha value is -1.81. The van der Waals surface area contributed by atoms with Crippen LogP contribution in [0.25, 0.3) is 0 Å². The molecular weight excluding hydrogens is 330 g/mol. The Morgan fingerprint density at radius 2 is 2.05 bits per heavy atom. The Bertz CT molecular complexity index is 699. The smallest absolute Gasteiger partial charge is 0.259 e. The summed E-state index contributed by atoms with van der Waals surface area (Å²) in [4.78, 5) is 14.8. The highest BCUT2D eigenvalue weighted by Crippen LogP contribution is 2.34. The first-order valence-corrected chi connectivity index (χ1v) is 7.66. The van der Waals surface area contributed by atoms with Crippen LogP contribution in [-0.2, 0) is 6.42 Å². The van der Waals surface area contributed by atoms with E-state index in [9.17, 15) is 4.79 Å². The van der Waals surface area contributed by atoms with Gasteiger partial charge in [-0.25, -0.2) is 0 Å². The number of carbonyl (C=O) groups is 1. The minimum Gasteiger partial charge on any atom is -0.497 e. The second kappa shape index (κ2) is 5.53. The molecule has 108 valence electrons. The van der Waals surface area contributed by atoms with Gasteiger partial charge in [0.05, 0.1) is 12.7 Å². The van der Waals surface area contributed by atoms with Crippen LogP contribution < -0.4 is 9.64 Å². The molecule has 0 fully saturated rings. The molecule has 0 aromatic heterocycles. The molecule has 0 aliphatic carbocycles. The molecule has 0 spiro atoms. The van der Waals surface area contributed by atoms with Crippen molar-refractivity contribution < 1.29 is 9.53 Å². The number of benzene rings is 2. The SMILES string of the molecule is COc1ccc(Br)c(C(=O)N2c3ccccc3CC2C)c1. The van der Waals surface area contributed by atoms with Crippen molar-refractivity contribution in [3.8, 4) is 5.75 Å². The number of anilines is 1. The monoisotopic (exact) mass is 345 g/mol. The third-order valence-corrected chi connectivity index (χ3v) is 4.52. The van der Waals surface area contributed by atoms with Gasteiger partial charge in [-0.05, 0) is 59.1 Å². The Kier molecular flexibility index (Phi) is 3.72. The van der Waals surface area contributed by atoms with Crippen molar-refractivity contribution in [2.24, 2.45) is 0 Å². The summed E-state index contributed by atoms with van der Waals surface area (Å²) in [5.74, 6) is 0.680. The van der Waals surface area contributed by atoms with Gasteiger partial charge in [0.2, 0.25) is 0 Å². The van der Waals surface area contributed by atoms with Gasteiger partial charge in [-0.3, -0.25) is 4.79 Å². The molecule has 2 aromatic carbocycles. The van der Waals surface area contributed by atoms with Crippen LogP contribution in [0.1, 0.15) is 22.8 Å². The van der Waals surface area contributed by atoms with Gasteiger partial charge < -0.3 is 9.64 Å². The first-order valence-electron chi connectivity index (χ1n) is 6.87. The number of amides is 1. The zero-order valence-corrected chi connectivity index (χ0v) is 13.6. The fourth-order valence-corrected chi connectivity index (χ4v) is 3.22. The van der Waals surface area contributed by atoms with Crippen LogP contribution in [0.3, 0.4) is 0 Å². The van der Waals surface area contributed by atoms with Gasteiger partial charge in [-0.2, -0.15) is 0 Å². The molecule has 3 rings (SSSR count). The molecule has 3 nitrogen and oxygen atoms in total. The maximum absolute atomic E-state index is 12.9. The van der Waals surface area contributed by atoms with Crippen molar-refractivity contribution in [3.63, 3.8) is 0 Å². The summed E-state index contributed by atoms with van der Waals surface area (Å²) in [5.41, 5.74) is 2.85. The second-order valence-corrected chi connectivity index (χ2v) is 6.06. The molecule has 0 saturated heterocycles. The second-order valence-electron chi connectivity index (χ2n) is 5.20. The van der Waals surface area contributed by atoms with Crippen molar-refractivity contribution >= 4 is 27.5 Å². The average molecular weight is 346 g/mol. The molecular formula is C17H16BrNO2. The van der Waals surface area contributed by atoms with Crippen LogP contribution in [-0.4, -0.2) is 19.1 Å². The van der Waals surface area contributed by atoms with E-state index in [1.54, 1.807) is 13.2 Å². The van der Waals surface area contributed by atoms with Gasteiger partial charge in [0.1, 0.15) is 5.75 Å². The summed E-state index contributed by atoms with van der Waals surface area (Å²) in [7, 11) is 1.60. The number of methoxy groups -OCH3 is 1. The normalized spacial score (nSPS) is 16.7. The van der Waals surface area contributed by atoms with E-state index in [2.05, 4.69) is 28.9 Å². The van der Waals surface area contributed by atoms with Gasteiger partial charge in [0, 0.05) is 16.2 Å². The number of rotatable bonds is 2. The molecule has 1 aliphatic rings. The molecule has 1 atom stereocenters. The molecule has 1 heterocycles. The van der Waals surface area contributed by atoms with Gasteiger partial charge in [0.15, 0.2) is 0 Å². The average Bonchev–Trinajstić information content (AvgIpc) is 2.83. The summed E-state index contributed by atoms with van der Waals surface area (Å²) in [5, 5.41) is 0. The van der Waals surface area contributed by atoms with Crippen LogP contribution in [0.4, 0.5) is 5.69 Å². The van der Waals surface area contributed by atoms with Gasteiger partial charge in [-0.1, -0.05) is 18.2 Å². The number of hydrogen-bond acceptors (Lipinski definition) is 2. The molecule has 21 heavy (non-hydrogen) atoms. The number of nitrogens with zero attached hydrogens (tertiary/aromatic N) is 1. The summed E-state index contributed by atoms with van der Waals surface area (Å²) >= 11 is 3.46. The van der Waals surface area contributed by atoms with Crippen LogP contribution in [0.2, 0.25) is 0 Å². The third-order valence-electron chi connectivity index (χ3n) is 3.83. The molecule has 0 radical (unpaired) electrons. The zero-order valence-electron chi connectivity index (χ0n) is 12.0. The number of para-hydroxylation sites is 1. The Labute approximate surface area is 132 Å². The molecule has 4 heteroatoms. The quantitative estimate of drug-likeness (QED) is 0.821. The Balaban J connectivity index is 2.03. The topological polar surface area (TPSA) is 29.5 Å². The maximum Gasteiger partial charge on any atom is 0.259 e. The van der Waals surface area contributed by atoms with Crippen molar-refractivity contribution in [2.75, 3.05) is 12.0 Å². The van der Waals surface area contributed by atoms with E-state index in [0.29, 0.717) is 11.3 Å². The highest BCUT2D eigenvalue weighted by molar-refractivity contribution is 9.10. The maximum atomic E-state index is 12.9. The van der Waals surface area contributed by atoms with E-state index in [1.165, 1.54) is 5.56 Å². The number of carbonyl (C=O) groups excluding carboxylic acids is 1. The van der Waals surface area contributed by atoms with E-state index >= 15 is 0 Å². The van der Waals surface area contributed by atoms with Crippen LogP contribution in [0.5, 0.6) is 5.75 Å². The van der Waals surface area contributed by atoms with E-state index in [0.717, 1.165) is 16.6 Å². The molecule has 2 aromatic rings. The molecule has 0 bridgehead atoms. The first-order chi connectivity index (χ1) is 10.1. The van der Waals surface area contributed by atoms with Crippen LogP contribution >= 0.6 is 15.9 Å².